The van der Waals surface area contributed by atoms with E-state index >= 15 is 0 Å². The molecule has 3 atom stereocenters. The van der Waals surface area contributed by atoms with Gasteiger partial charge in [-0.3, -0.25) is 4.79 Å². The van der Waals surface area contributed by atoms with E-state index in [4.69, 9.17) is 0 Å². The number of rotatable bonds is 3. The first-order chi connectivity index (χ1) is 7.33. The Hall–Kier alpha value is -0.700. The lowest BCUT2D eigenvalue weighted by molar-refractivity contribution is 0.0940. The van der Waals surface area contributed by atoms with E-state index in [1.54, 1.807) is 0 Å². The maximum absolute atomic E-state index is 11.9. The van der Waals surface area contributed by atoms with Crippen LogP contribution >= 0.6 is 11.5 Å². The molecular weight excluding hydrogens is 206 g/mol. The van der Waals surface area contributed by atoms with Crippen LogP contribution < -0.4 is 0 Å². The van der Waals surface area contributed by atoms with E-state index in [0.29, 0.717) is 11.6 Å². The molecule has 2 aliphatic carbocycles. The first-order valence-electron chi connectivity index (χ1n) is 5.76. The van der Waals surface area contributed by atoms with Crippen molar-refractivity contribution in [1.82, 2.24) is 4.37 Å². The van der Waals surface area contributed by atoms with Crippen molar-refractivity contribution in [3.63, 3.8) is 0 Å². The van der Waals surface area contributed by atoms with E-state index < -0.39 is 0 Å². The van der Waals surface area contributed by atoms with Gasteiger partial charge >= 0.3 is 0 Å². The predicted molar refractivity (Wildman–Crippen MR) is 60.0 cm³/mol. The zero-order valence-electron chi connectivity index (χ0n) is 8.69. The van der Waals surface area contributed by atoms with E-state index in [9.17, 15) is 4.79 Å². The number of fused-ring (bicyclic) bond motifs is 2. The van der Waals surface area contributed by atoms with Crippen molar-refractivity contribution in [2.75, 3.05) is 0 Å². The van der Waals surface area contributed by atoms with Gasteiger partial charge < -0.3 is 0 Å². The van der Waals surface area contributed by atoms with Gasteiger partial charge in [-0.05, 0) is 54.6 Å². The quantitative estimate of drug-likeness (QED) is 0.734. The smallest absolute Gasteiger partial charge is 0.182 e. The van der Waals surface area contributed by atoms with Crippen molar-refractivity contribution in [2.24, 2.45) is 17.8 Å². The van der Waals surface area contributed by atoms with E-state index in [0.717, 1.165) is 18.3 Å². The van der Waals surface area contributed by atoms with Crippen LogP contribution in [0.5, 0.6) is 0 Å². The molecule has 2 fully saturated rings. The Morgan fingerprint density at radius 3 is 3.00 bits per heavy atom. The number of hydrogen-bond donors (Lipinski definition) is 0. The Balaban J connectivity index is 1.64. The molecule has 0 spiro atoms. The minimum atomic E-state index is 0.258. The Morgan fingerprint density at radius 1 is 1.47 bits per heavy atom. The predicted octanol–water partition coefficient (Wildman–Crippen LogP) is 3.15. The molecule has 0 aliphatic heterocycles. The van der Waals surface area contributed by atoms with Crippen molar-refractivity contribution in [3.05, 3.63) is 17.1 Å². The first kappa shape index (κ1) is 9.52. The largest absolute Gasteiger partial charge is 0.292 e. The topological polar surface area (TPSA) is 30.0 Å². The molecule has 15 heavy (non-hydrogen) atoms. The summed E-state index contributed by atoms with van der Waals surface area (Å²) < 4.78 is 4.11. The van der Waals surface area contributed by atoms with Crippen LogP contribution in [0.4, 0.5) is 0 Å². The van der Waals surface area contributed by atoms with Crippen molar-refractivity contribution in [2.45, 2.75) is 32.1 Å². The van der Waals surface area contributed by atoms with Gasteiger partial charge in [0.05, 0.1) is 0 Å². The van der Waals surface area contributed by atoms with Gasteiger partial charge in [0, 0.05) is 11.8 Å². The van der Waals surface area contributed by atoms with E-state index in [1.807, 2.05) is 11.4 Å². The third kappa shape index (κ3) is 1.73. The summed E-state index contributed by atoms with van der Waals surface area (Å²) in [5.74, 6) is 2.70. The Kier molecular flexibility index (Phi) is 2.35. The molecule has 1 aromatic heterocycles. The lowest BCUT2D eigenvalue weighted by Crippen LogP contribution is -2.15. The summed E-state index contributed by atoms with van der Waals surface area (Å²) in [6.07, 6.45) is 6.19. The summed E-state index contributed by atoms with van der Waals surface area (Å²) >= 11 is 1.37. The summed E-state index contributed by atoms with van der Waals surface area (Å²) in [4.78, 5) is 11.9. The number of Topliss-reactive ketones (excluding diaryl/α,β-unsaturated/α-hetero) is 1. The molecule has 3 unspecified atom stereocenters. The minimum absolute atomic E-state index is 0.258. The summed E-state index contributed by atoms with van der Waals surface area (Å²) in [5.41, 5.74) is 0.683. The molecule has 0 N–H and O–H groups in total. The Morgan fingerprint density at radius 2 is 2.40 bits per heavy atom. The van der Waals surface area contributed by atoms with Crippen molar-refractivity contribution in [3.8, 4) is 0 Å². The number of aromatic nitrogens is 1. The molecule has 3 heteroatoms. The van der Waals surface area contributed by atoms with Crippen molar-refractivity contribution in [1.29, 1.82) is 0 Å². The molecular formula is C12H15NOS. The molecule has 0 aromatic carbocycles. The molecule has 0 amide bonds. The highest BCUT2D eigenvalue weighted by Gasteiger charge is 2.40. The normalized spacial score (nSPS) is 33.5. The molecule has 1 heterocycles. The fourth-order valence-corrected chi connectivity index (χ4v) is 3.85. The van der Waals surface area contributed by atoms with Crippen LogP contribution in [0.2, 0.25) is 0 Å². The molecule has 2 bridgehead atoms. The first-order valence-corrected chi connectivity index (χ1v) is 6.60. The molecule has 2 aliphatic rings. The van der Waals surface area contributed by atoms with E-state index in [-0.39, 0.29) is 5.78 Å². The average Bonchev–Trinajstić information content (AvgIpc) is 2.95. The number of carbonyl (C=O) groups excluding carboxylic acids is 1. The number of hydrogen-bond acceptors (Lipinski definition) is 3. The molecule has 0 radical (unpaired) electrons. The molecule has 2 nitrogen and oxygen atoms in total. The van der Waals surface area contributed by atoms with Crippen LogP contribution in [0.3, 0.4) is 0 Å². The van der Waals surface area contributed by atoms with Crippen molar-refractivity contribution >= 4 is 17.3 Å². The fraction of sp³-hybridized carbons (Fsp3) is 0.667. The van der Waals surface area contributed by atoms with Gasteiger partial charge in [0.15, 0.2) is 5.78 Å². The Labute approximate surface area is 93.9 Å². The van der Waals surface area contributed by atoms with Gasteiger partial charge in [-0.25, -0.2) is 0 Å². The lowest BCUT2D eigenvalue weighted by atomic mass is 9.85. The molecule has 3 rings (SSSR count). The summed E-state index contributed by atoms with van der Waals surface area (Å²) in [6.45, 7) is 0. The van der Waals surface area contributed by atoms with E-state index in [2.05, 4.69) is 4.37 Å². The van der Waals surface area contributed by atoms with Crippen LogP contribution in [0.1, 0.15) is 42.6 Å². The second-order valence-electron chi connectivity index (χ2n) is 4.95. The minimum Gasteiger partial charge on any atom is -0.292 e. The number of ketones is 1. The SMILES string of the molecule is O=C(CC1CC2CCC1C2)c1ccsn1. The number of nitrogens with zero attached hydrogens (tertiary/aromatic N) is 1. The summed E-state index contributed by atoms with van der Waals surface area (Å²) in [7, 11) is 0. The summed E-state index contributed by atoms with van der Waals surface area (Å²) in [5, 5.41) is 1.88. The molecule has 0 saturated heterocycles. The Bertz CT molecular complexity index is 360. The van der Waals surface area contributed by atoms with Crippen LogP contribution in [0, 0.1) is 17.8 Å². The fourth-order valence-electron chi connectivity index (χ4n) is 3.33. The molecule has 2 saturated carbocycles. The lowest BCUT2D eigenvalue weighted by Gasteiger charge is -2.20. The average molecular weight is 221 g/mol. The van der Waals surface area contributed by atoms with Gasteiger partial charge in [0.1, 0.15) is 5.69 Å². The maximum atomic E-state index is 11.9. The van der Waals surface area contributed by atoms with E-state index in [1.165, 1.54) is 37.2 Å². The van der Waals surface area contributed by atoms with Gasteiger partial charge in [-0.15, -0.1) is 0 Å². The van der Waals surface area contributed by atoms with Crippen LogP contribution in [-0.2, 0) is 0 Å². The monoisotopic (exact) mass is 221 g/mol. The highest BCUT2D eigenvalue weighted by molar-refractivity contribution is 7.03. The summed E-state index contributed by atoms with van der Waals surface area (Å²) in [6, 6.07) is 1.85. The zero-order chi connectivity index (χ0) is 10.3. The molecule has 1 aromatic rings. The highest BCUT2D eigenvalue weighted by Crippen LogP contribution is 2.49. The second-order valence-corrected chi connectivity index (χ2v) is 5.61. The number of carbonyl (C=O) groups is 1. The van der Waals surface area contributed by atoms with Crippen molar-refractivity contribution < 1.29 is 4.79 Å². The third-order valence-corrected chi connectivity index (χ3v) is 4.62. The highest BCUT2D eigenvalue weighted by atomic mass is 32.1. The van der Waals surface area contributed by atoms with Gasteiger partial charge in [0.25, 0.3) is 0 Å². The van der Waals surface area contributed by atoms with Gasteiger partial charge in [-0.1, -0.05) is 6.42 Å². The van der Waals surface area contributed by atoms with Crippen LogP contribution in [-0.4, -0.2) is 10.2 Å². The second kappa shape index (κ2) is 3.71. The van der Waals surface area contributed by atoms with Gasteiger partial charge in [0.2, 0.25) is 0 Å². The van der Waals surface area contributed by atoms with Crippen LogP contribution in [0.15, 0.2) is 11.4 Å². The zero-order valence-corrected chi connectivity index (χ0v) is 9.50. The molecule has 80 valence electrons. The third-order valence-electron chi connectivity index (χ3n) is 4.06. The maximum Gasteiger partial charge on any atom is 0.182 e. The standard InChI is InChI=1S/C12H15NOS/c14-12(11-3-4-15-13-11)7-10-6-8-1-2-9(10)5-8/h3-4,8-10H,1-2,5-7H2. The van der Waals surface area contributed by atoms with Crippen LogP contribution in [0.25, 0.3) is 0 Å². The van der Waals surface area contributed by atoms with Gasteiger partial charge in [-0.2, -0.15) is 4.37 Å².